The molecule has 0 aliphatic rings. The number of rotatable bonds is 10. The van der Waals surface area contributed by atoms with Crippen molar-refractivity contribution < 1.29 is 27.9 Å². The van der Waals surface area contributed by atoms with E-state index in [0.29, 0.717) is 5.75 Å². The second-order valence-electron chi connectivity index (χ2n) is 5.48. The van der Waals surface area contributed by atoms with E-state index >= 15 is 0 Å². The zero-order chi connectivity index (χ0) is 18.8. The van der Waals surface area contributed by atoms with Crippen molar-refractivity contribution in [1.82, 2.24) is 0 Å². The van der Waals surface area contributed by atoms with Gasteiger partial charge < -0.3 is 14.0 Å². The van der Waals surface area contributed by atoms with Crippen LogP contribution in [0, 0.1) is 0 Å². The molecule has 0 saturated heterocycles. The highest BCUT2D eigenvalue weighted by Crippen LogP contribution is 2.49. The van der Waals surface area contributed by atoms with Crippen LogP contribution >= 0.6 is 7.60 Å². The van der Waals surface area contributed by atoms with E-state index in [2.05, 4.69) is 0 Å². The summed E-state index contributed by atoms with van der Waals surface area (Å²) in [5, 5.41) is 0. The molecule has 0 saturated carbocycles. The molecule has 0 radical (unpaired) electrons. The normalized spacial score (nSPS) is 14.2. The van der Waals surface area contributed by atoms with Gasteiger partial charge in [0.15, 0.2) is 12.5 Å². The Morgan fingerprint density at radius 1 is 1.04 bits per heavy atom. The minimum absolute atomic E-state index is 0.209. The average molecular weight is 378 g/mol. The van der Waals surface area contributed by atoms with E-state index in [-0.39, 0.29) is 19.6 Å². The summed E-state index contributed by atoms with van der Waals surface area (Å²) in [4.78, 5) is 11.8. The molecule has 0 heterocycles. The van der Waals surface area contributed by atoms with Crippen LogP contribution in [0.3, 0.4) is 0 Å². The minimum atomic E-state index is -3.73. The molecule has 0 fully saturated rings. The van der Waals surface area contributed by atoms with E-state index in [4.69, 9.17) is 18.5 Å². The Hall–Kier alpha value is -2.14. The fraction of sp³-hybridized carbons (Fsp3) is 0.316. The third-order valence-corrected chi connectivity index (χ3v) is 4.91. The predicted molar refractivity (Wildman–Crippen MR) is 98.0 cm³/mol. The molecule has 2 rings (SSSR count). The van der Waals surface area contributed by atoms with E-state index in [0.717, 1.165) is 5.56 Å². The van der Waals surface area contributed by atoms with Crippen LogP contribution < -0.4 is 4.52 Å². The molecule has 6 nitrogen and oxygen atoms in total. The molecule has 0 spiro atoms. The fourth-order valence-electron chi connectivity index (χ4n) is 2.11. The van der Waals surface area contributed by atoms with Crippen molar-refractivity contribution in [2.45, 2.75) is 26.6 Å². The van der Waals surface area contributed by atoms with E-state index in [9.17, 15) is 9.36 Å². The molecule has 7 heteroatoms. The third kappa shape index (κ3) is 6.64. The molecule has 26 heavy (non-hydrogen) atoms. The molecule has 140 valence electrons. The summed E-state index contributed by atoms with van der Waals surface area (Å²) >= 11 is 0. The SMILES string of the molecule is CCOC(=O)[C@H](C)OP(=O)(COCc1ccccc1)Oc1ccccc1. The van der Waals surface area contributed by atoms with E-state index < -0.39 is 19.7 Å². The van der Waals surface area contributed by atoms with Gasteiger partial charge in [0, 0.05) is 0 Å². The summed E-state index contributed by atoms with van der Waals surface area (Å²) in [6, 6.07) is 18.1. The highest BCUT2D eigenvalue weighted by molar-refractivity contribution is 7.54. The van der Waals surface area contributed by atoms with Gasteiger partial charge in [-0.25, -0.2) is 9.36 Å². The lowest BCUT2D eigenvalue weighted by atomic mass is 10.2. The Kier molecular flexibility index (Phi) is 7.85. The Balaban J connectivity index is 2.04. The number of carbonyl (C=O) groups is 1. The molecular weight excluding hydrogens is 355 g/mol. The van der Waals surface area contributed by atoms with Gasteiger partial charge in [0.1, 0.15) is 5.75 Å². The van der Waals surface area contributed by atoms with Crippen molar-refractivity contribution in [2.24, 2.45) is 0 Å². The van der Waals surface area contributed by atoms with E-state index in [1.807, 2.05) is 36.4 Å². The lowest BCUT2D eigenvalue weighted by molar-refractivity contribution is -0.150. The van der Waals surface area contributed by atoms with Crippen LogP contribution in [0.15, 0.2) is 60.7 Å². The first-order valence-electron chi connectivity index (χ1n) is 8.33. The number of para-hydroxylation sites is 1. The first-order valence-corrected chi connectivity index (χ1v) is 10.1. The lowest BCUT2D eigenvalue weighted by Crippen LogP contribution is -2.24. The number of hydrogen-bond acceptors (Lipinski definition) is 6. The molecule has 2 aromatic carbocycles. The highest BCUT2D eigenvalue weighted by Gasteiger charge is 2.33. The third-order valence-electron chi connectivity index (χ3n) is 3.29. The first kappa shape index (κ1) is 20.2. The molecule has 2 atom stereocenters. The zero-order valence-electron chi connectivity index (χ0n) is 14.9. The molecule has 2 aromatic rings. The van der Waals surface area contributed by atoms with Gasteiger partial charge in [0.2, 0.25) is 0 Å². The molecule has 0 aliphatic heterocycles. The number of hydrogen-bond donors (Lipinski definition) is 0. The molecule has 0 N–H and O–H groups in total. The lowest BCUT2D eigenvalue weighted by Gasteiger charge is -2.22. The van der Waals surface area contributed by atoms with Crippen molar-refractivity contribution in [3.05, 3.63) is 66.2 Å². The summed E-state index contributed by atoms with van der Waals surface area (Å²) in [6.45, 7) is 3.62. The number of carbonyl (C=O) groups excluding carboxylic acids is 1. The van der Waals surface area contributed by atoms with Crippen LogP contribution in [0.1, 0.15) is 19.4 Å². The van der Waals surface area contributed by atoms with Crippen LogP contribution in [0.2, 0.25) is 0 Å². The molecule has 0 aromatic heterocycles. The summed E-state index contributed by atoms with van der Waals surface area (Å²) in [5.74, 6) is -0.234. The van der Waals surface area contributed by atoms with Crippen LogP contribution in [0.5, 0.6) is 5.75 Å². The van der Waals surface area contributed by atoms with Crippen molar-refractivity contribution in [3.8, 4) is 5.75 Å². The molecule has 1 unspecified atom stereocenters. The average Bonchev–Trinajstić information content (AvgIpc) is 2.63. The van der Waals surface area contributed by atoms with Crippen molar-refractivity contribution in [1.29, 1.82) is 0 Å². The monoisotopic (exact) mass is 378 g/mol. The van der Waals surface area contributed by atoms with E-state index in [1.165, 1.54) is 6.92 Å². The second-order valence-corrected chi connectivity index (χ2v) is 7.35. The Morgan fingerprint density at radius 3 is 2.27 bits per heavy atom. The van der Waals surface area contributed by atoms with Crippen LogP contribution in [-0.4, -0.2) is 25.0 Å². The smallest absolute Gasteiger partial charge is 0.405 e. The van der Waals surface area contributed by atoms with Crippen molar-refractivity contribution in [3.63, 3.8) is 0 Å². The predicted octanol–water partition coefficient (Wildman–Crippen LogP) is 4.40. The van der Waals surface area contributed by atoms with E-state index in [1.54, 1.807) is 31.2 Å². The van der Waals surface area contributed by atoms with Gasteiger partial charge >= 0.3 is 13.6 Å². The summed E-state index contributed by atoms with van der Waals surface area (Å²) in [7, 11) is -3.73. The maximum Gasteiger partial charge on any atom is 0.405 e. The fourth-order valence-corrected chi connectivity index (χ4v) is 3.60. The van der Waals surface area contributed by atoms with Crippen LogP contribution in [-0.2, 0) is 30.0 Å². The van der Waals surface area contributed by atoms with Crippen molar-refractivity contribution >= 4 is 13.6 Å². The van der Waals surface area contributed by atoms with Crippen LogP contribution in [0.4, 0.5) is 0 Å². The van der Waals surface area contributed by atoms with Gasteiger partial charge in [0.25, 0.3) is 0 Å². The molecule has 0 aliphatic carbocycles. The number of ether oxygens (including phenoxy) is 2. The maximum absolute atomic E-state index is 13.1. The maximum atomic E-state index is 13.1. The highest BCUT2D eigenvalue weighted by atomic mass is 31.2. The van der Waals surface area contributed by atoms with Gasteiger partial charge in [-0.3, -0.25) is 4.52 Å². The summed E-state index contributed by atoms with van der Waals surface area (Å²) in [6.07, 6.45) is -1.33. The Labute approximate surface area is 153 Å². The molecule has 0 amide bonds. The Morgan fingerprint density at radius 2 is 1.65 bits per heavy atom. The van der Waals surface area contributed by atoms with Crippen LogP contribution in [0.25, 0.3) is 0 Å². The van der Waals surface area contributed by atoms with Gasteiger partial charge in [-0.15, -0.1) is 0 Å². The van der Waals surface area contributed by atoms with Gasteiger partial charge in [-0.1, -0.05) is 48.5 Å². The number of esters is 1. The van der Waals surface area contributed by atoms with Gasteiger partial charge in [-0.05, 0) is 31.5 Å². The quantitative estimate of drug-likeness (QED) is 0.451. The second kappa shape index (κ2) is 10.1. The zero-order valence-corrected chi connectivity index (χ0v) is 15.8. The molecular formula is C19H23O6P. The van der Waals surface area contributed by atoms with Crippen molar-refractivity contribution in [2.75, 3.05) is 13.0 Å². The van der Waals surface area contributed by atoms with Gasteiger partial charge in [-0.2, -0.15) is 0 Å². The Bertz CT molecular complexity index is 719. The summed E-state index contributed by atoms with van der Waals surface area (Å²) < 4.78 is 34.5. The first-order chi connectivity index (χ1) is 12.5. The topological polar surface area (TPSA) is 71.1 Å². The minimum Gasteiger partial charge on any atom is -0.464 e. The summed E-state index contributed by atoms with van der Waals surface area (Å²) in [5.41, 5.74) is 0.928. The molecule has 0 bridgehead atoms. The largest absolute Gasteiger partial charge is 0.464 e. The van der Waals surface area contributed by atoms with Gasteiger partial charge in [0.05, 0.1) is 13.2 Å². The standard InChI is InChI=1S/C19H23O6P/c1-3-23-19(20)16(2)24-26(21,25-18-12-8-5-9-13-18)15-22-14-17-10-6-4-7-11-17/h4-13,16H,3,14-15H2,1-2H3/t16-,26?/m0/s1. The number of benzene rings is 2.